The number of hydrogen-bond donors (Lipinski definition) is 2. The van der Waals surface area contributed by atoms with Crippen molar-refractivity contribution in [1.82, 2.24) is 0 Å². The van der Waals surface area contributed by atoms with E-state index in [9.17, 15) is 0 Å². The van der Waals surface area contributed by atoms with Crippen LogP contribution >= 0.6 is 0 Å². The van der Waals surface area contributed by atoms with Gasteiger partial charge < -0.3 is 0 Å². The first-order valence-corrected chi connectivity index (χ1v) is 12.0. The van der Waals surface area contributed by atoms with Gasteiger partial charge in [-0.3, -0.25) is 9.11 Å². The lowest BCUT2D eigenvalue weighted by Crippen LogP contribution is -1.89. The summed E-state index contributed by atoms with van der Waals surface area (Å²) in [6, 6.07) is 15.5. The van der Waals surface area contributed by atoms with Gasteiger partial charge in [-0.15, -0.1) is 0 Å². The molecule has 0 aliphatic heterocycles. The van der Waals surface area contributed by atoms with Crippen molar-refractivity contribution in [3.8, 4) is 0 Å². The number of fused-ring (bicyclic) bond motifs is 1. The van der Waals surface area contributed by atoms with Crippen molar-refractivity contribution in [2.24, 2.45) is 0 Å². The number of aryl methyl sites for hydroxylation is 1. The first-order chi connectivity index (χ1) is 13.4. The molecule has 28 heavy (non-hydrogen) atoms. The maximum absolute atomic E-state index is 8.74. The molecule has 0 saturated heterocycles. The highest BCUT2D eigenvalue weighted by atomic mass is 32.3. The standard InChI is InChI=1S/C23H34.H2O4S/c1-2-3-4-5-6-7-8-9-10-11-12-16-21-18-15-19-22-17-13-14-20-23(21)22;1-5(2,3)4/h13-15,17-20H,2-12,16H2,1H3;(H2,1,2,3,4). The molecule has 0 saturated carbocycles. The van der Waals surface area contributed by atoms with Crippen LogP contribution in [0.15, 0.2) is 42.5 Å². The van der Waals surface area contributed by atoms with E-state index in [1.165, 1.54) is 93.4 Å². The predicted molar refractivity (Wildman–Crippen MR) is 118 cm³/mol. The first kappa shape index (κ1) is 24.6. The Balaban J connectivity index is 0.000000696. The summed E-state index contributed by atoms with van der Waals surface area (Å²) >= 11 is 0. The minimum absolute atomic E-state index is 1.23. The zero-order valence-electron chi connectivity index (χ0n) is 17.1. The van der Waals surface area contributed by atoms with Crippen LogP contribution in [0.3, 0.4) is 0 Å². The van der Waals surface area contributed by atoms with E-state index >= 15 is 0 Å². The van der Waals surface area contributed by atoms with E-state index in [4.69, 9.17) is 17.5 Å². The smallest absolute Gasteiger partial charge is 0.264 e. The number of unbranched alkanes of at least 4 members (excludes halogenated alkanes) is 10. The second kappa shape index (κ2) is 14.6. The van der Waals surface area contributed by atoms with Gasteiger partial charge in [0, 0.05) is 0 Å². The molecule has 158 valence electrons. The SMILES string of the molecule is CCCCCCCCCCCCCc1cccc2ccccc12.O=S(=O)(O)O. The molecule has 2 aromatic rings. The van der Waals surface area contributed by atoms with Gasteiger partial charge in [0.05, 0.1) is 0 Å². The average Bonchev–Trinajstić information content (AvgIpc) is 2.65. The zero-order valence-corrected chi connectivity index (χ0v) is 18.0. The van der Waals surface area contributed by atoms with Gasteiger partial charge in [0.25, 0.3) is 0 Å². The van der Waals surface area contributed by atoms with E-state index in [1.54, 1.807) is 0 Å². The Morgan fingerprint density at radius 2 is 1.14 bits per heavy atom. The molecule has 0 amide bonds. The Morgan fingerprint density at radius 1 is 0.679 bits per heavy atom. The maximum atomic E-state index is 8.74. The van der Waals surface area contributed by atoms with Crippen LogP contribution < -0.4 is 0 Å². The van der Waals surface area contributed by atoms with Crippen molar-refractivity contribution >= 4 is 21.2 Å². The predicted octanol–water partition coefficient (Wildman–Crippen LogP) is 7.04. The third-order valence-electron chi connectivity index (χ3n) is 4.93. The van der Waals surface area contributed by atoms with Gasteiger partial charge in [0.1, 0.15) is 0 Å². The van der Waals surface area contributed by atoms with Gasteiger partial charge in [0.15, 0.2) is 0 Å². The van der Waals surface area contributed by atoms with Crippen molar-refractivity contribution in [3.05, 3.63) is 48.0 Å². The van der Waals surface area contributed by atoms with Gasteiger partial charge in [-0.25, -0.2) is 0 Å². The topological polar surface area (TPSA) is 74.6 Å². The van der Waals surface area contributed by atoms with Crippen LogP contribution in [0.4, 0.5) is 0 Å². The Bertz CT molecular complexity index is 743. The van der Waals surface area contributed by atoms with E-state index < -0.39 is 10.4 Å². The van der Waals surface area contributed by atoms with Crippen molar-refractivity contribution in [2.75, 3.05) is 0 Å². The molecule has 0 heterocycles. The zero-order chi connectivity index (χ0) is 20.7. The molecule has 0 radical (unpaired) electrons. The molecule has 2 rings (SSSR count). The minimum Gasteiger partial charge on any atom is -0.264 e. The summed E-state index contributed by atoms with van der Waals surface area (Å²) < 4.78 is 31.6. The lowest BCUT2D eigenvalue weighted by molar-refractivity contribution is 0.381. The summed E-state index contributed by atoms with van der Waals surface area (Å²) in [6.45, 7) is 2.29. The molecule has 0 spiro atoms. The Hall–Kier alpha value is -1.43. The van der Waals surface area contributed by atoms with Gasteiger partial charge in [-0.05, 0) is 29.2 Å². The summed E-state index contributed by atoms with van der Waals surface area (Å²) in [5, 5.41) is 2.83. The molecule has 0 aliphatic rings. The molecule has 0 aliphatic carbocycles. The monoisotopic (exact) mass is 408 g/mol. The quantitative estimate of drug-likeness (QED) is 0.292. The van der Waals surface area contributed by atoms with E-state index in [0.717, 1.165) is 0 Å². The summed E-state index contributed by atoms with van der Waals surface area (Å²) in [4.78, 5) is 0. The highest BCUT2D eigenvalue weighted by Gasteiger charge is 2.00. The van der Waals surface area contributed by atoms with Crippen LogP contribution in [-0.4, -0.2) is 17.5 Å². The number of benzene rings is 2. The van der Waals surface area contributed by atoms with Gasteiger partial charge >= 0.3 is 10.4 Å². The minimum atomic E-state index is -4.67. The largest absolute Gasteiger partial charge is 0.394 e. The second-order valence-electron chi connectivity index (χ2n) is 7.37. The summed E-state index contributed by atoms with van der Waals surface area (Å²) in [6.07, 6.45) is 16.8. The Labute approximate surface area is 170 Å². The fraction of sp³-hybridized carbons (Fsp3) is 0.565. The van der Waals surface area contributed by atoms with Crippen LogP contribution in [0, 0.1) is 0 Å². The third kappa shape index (κ3) is 12.9. The van der Waals surface area contributed by atoms with Crippen LogP contribution in [0.25, 0.3) is 10.8 Å². The van der Waals surface area contributed by atoms with Crippen LogP contribution in [0.1, 0.15) is 83.1 Å². The van der Waals surface area contributed by atoms with Gasteiger partial charge in [-0.2, -0.15) is 8.42 Å². The molecular formula is C23H36O4S. The lowest BCUT2D eigenvalue weighted by atomic mass is 9.99. The van der Waals surface area contributed by atoms with Crippen molar-refractivity contribution in [3.63, 3.8) is 0 Å². The highest BCUT2D eigenvalue weighted by Crippen LogP contribution is 2.20. The molecule has 0 fully saturated rings. The second-order valence-corrected chi connectivity index (χ2v) is 8.27. The number of rotatable bonds is 12. The van der Waals surface area contributed by atoms with Crippen LogP contribution in [0.2, 0.25) is 0 Å². The molecule has 0 bridgehead atoms. The molecule has 2 N–H and O–H groups in total. The summed E-state index contributed by atoms with van der Waals surface area (Å²) in [5.41, 5.74) is 1.53. The van der Waals surface area contributed by atoms with E-state index in [2.05, 4.69) is 49.4 Å². The average molecular weight is 409 g/mol. The fourth-order valence-electron chi connectivity index (χ4n) is 3.49. The van der Waals surface area contributed by atoms with Crippen molar-refractivity contribution in [2.45, 2.75) is 84.0 Å². The summed E-state index contributed by atoms with van der Waals surface area (Å²) in [5.74, 6) is 0. The highest BCUT2D eigenvalue weighted by molar-refractivity contribution is 7.79. The molecule has 2 aromatic carbocycles. The molecule has 0 atom stereocenters. The first-order valence-electron chi connectivity index (χ1n) is 10.6. The van der Waals surface area contributed by atoms with E-state index in [0.29, 0.717) is 0 Å². The third-order valence-corrected chi connectivity index (χ3v) is 4.93. The normalized spacial score (nSPS) is 11.2. The van der Waals surface area contributed by atoms with E-state index in [1.807, 2.05) is 0 Å². The molecule has 0 unspecified atom stereocenters. The lowest BCUT2D eigenvalue weighted by Gasteiger charge is -2.06. The summed E-state index contributed by atoms with van der Waals surface area (Å²) in [7, 11) is -4.67. The van der Waals surface area contributed by atoms with E-state index in [-0.39, 0.29) is 0 Å². The van der Waals surface area contributed by atoms with Crippen molar-refractivity contribution in [1.29, 1.82) is 0 Å². The maximum Gasteiger partial charge on any atom is 0.394 e. The van der Waals surface area contributed by atoms with Crippen LogP contribution in [0.5, 0.6) is 0 Å². The molecule has 0 aromatic heterocycles. The molecule has 4 nitrogen and oxygen atoms in total. The Morgan fingerprint density at radius 3 is 1.71 bits per heavy atom. The molecular weight excluding hydrogens is 372 g/mol. The molecule has 5 heteroatoms. The fourth-order valence-corrected chi connectivity index (χ4v) is 3.49. The van der Waals surface area contributed by atoms with Gasteiger partial charge in [-0.1, -0.05) is 114 Å². The van der Waals surface area contributed by atoms with Gasteiger partial charge in [0.2, 0.25) is 0 Å². The van der Waals surface area contributed by atoms with Crippen LogP contribution in [-0.2, 0) is 16.8 Å². The van der Waals surface area contributed by atoms with Crippen molar-refractivity contribution < 1.29 is 17.5 Å². The Kier molecular flexibility index (Phi) is 12.8. The number of hydrogen-bond acceptors (Lipinski definition) is 2.